The molecule has 4 rings (SSSR count). The van der Waals surface area contributed by atoms with Gasteiger partial charge in [0, 0.05) is 26.1 Å². The number of hydrogen-bond donors (Lipinski definition) is 1. The summed E-state index contributed by atoms with van der Waals surface area (Å²) in [5.41, 5.74) is 2.16. The van der Waals surface area contributed by atoms with Gasteiger partial charge in [-0.3, -0.25) is 9.59 Å². The van der Waals surface area contributed by atoms with Crippen LogP contribution in [0.3, 0.4) is 0 Å². The molecule has 2 aliphatic heterocycles. The summed E-state index contributed by atoms with van der Waals surface area (Å²) in [6.07, 6.45) is 2.80. The Morgan fingerprint density at radius 3 is 2.46 bits per heavy atom. The minimum absolute atomic E-state index is 0.0497. The van der Waals surface area contributed by atoms with E-state index in [1.165, 1.54) is 6.26 Å². The lowest BCUT2D eigenvalue weighted by atomic mass is 9.92. The zero-order valence-electron chi connectivity index (χ0n) is 14.5. The Labute approximate surface area is 152 Å². The second kappa shape index (κ2) is 6.96. The van der Waals surface area contributed by atoms with Crippen molar-refractivity contribution in [2.75, 3.05) is 13.1 Å². The number of benzene rings is 1. The monoisotopic (exact) mass is 354 g/mol. The second-order valence-corrected chi connectivity index (χ2v) is 6.96. The zero-order valence-corrected chi connectivity index (χ0v) is 14.5. The number of hydrogen-bond acceptors (Lipinski definition) is 4. The second-order valence-electron chi connectivity index (χ2n) is 6.96. The zero-order chi connectivity index (χ0) is 18.1. The maximum Gasteiger partial charge on any atom is 0.290 e. The summed E-state index contributed by atoms with van der Waals surface area (Å²) in [5, 5.41) is 9.70. The van der Waals surface area contributed by atoms with Crippen LogP contribution >= 0.6 is 0 Å². The molecule has 26 heavy (non-hydrogen) atoms. The Morgan fingerprint density at radius 1 is 1.04 bits per heavy atom. The van der Waals surface area contributed by atoms with E-state index in [9.17, 15) is 14.7 Å². The molecule has 2 aromatic rings. The summed E-state index contributed by atoms with van der Waals surface area (Å²) in [6.45, 7) is 1.45. The quantitative estimate of drug-likeness (QED) is 0.893. The molecule has 1 aromatic heterocycles. The van der Waals surface area contributed by atoms with Crippen LogP contribution in [0.1, 0.15) is 34.5 Å². The van der Waals surface area contributed by atoms with Gasteiger partial charge in [-0.15, -0.1) is 0 Å². The number of likely N-dealkylation sites (tertiary alicyclic amines) is 1. The van der Waals surface area contributed by atoms with Crippen molar-refractivity contribution in [1.82, 2.24) is 9.80 Å². The molecule has 1 unspecified atom stereocenters. The lowest BCUT2D eigenvalue weighted by Gasteiger charge is -2.39. The Bertz CT molecular complexity index is 794. The van der Waals surface area contributed by atoms with Gasteiger partial charge in [0.05, 0.1) is 12.4 Å². The van der Waals surface area contributed by atoms with Crippen LogP contribution in [0, 0.1) is 0 Å². The van der Waals surface area contributed by atoms with Crippen molar-refractivity contribution in [1.29, 1.82) is 0 Å². The van der Waals surface area contributed by atoms with E-state index in [2.05, 4.69) is 0 Å². The third kappa shape index (κ3) is 3.12. The van der Waals surface area contributed by atoms with Gasteiger partial charge >= 0.3 is 0 Å². The molecule has 6 heteroatoms. The van der Waals surface area contributed by atoms with Crippen LogP contribution in [-0.2, 0) is 17.8 Å². The average Bonchev–Trinajstić information content (AvgIpc) is 3.21. The lowest BCUT2D eigenvalue weighted by molar-refractivity contribution is -0.138. The highest BCUT2D eigenvalue weighted by molar-refractivity contribution is 5.96. The van der Waals surface area contributed by atoms with Crippen LogP contribution in [0.2, 0.25) is 0 Å². The van der Waals surface area contributed by atoms with Crippen molar-refractivity contribution in [2.45, 2.75) is 38.0 Å². The van der Waals surface area contributed by atoms with Gasteiger partial charge in [-0.1, -0.05) is 24.3 Å². The van der Waals surface area contributed by atoms with Gasteiger partial charge in [-0.05, 0) is 36.1 Å². The summed E-state index contributed by atoms with van der Waals surface area (Å²) < 4.78 is 5.27. The summed E-state index contributed by atoms with van der Waals surface area (Å²) in [6, 6.07) is 10.7. The molecule has 3 heterocycles. The van der Waals surface area contributed by atoms with Gasteiger partial charge in [-0.2, -0.15) is 0 Å². The van der Waals surface area contributed by atoms with Gasteiger partial charge in [0.15, 0.2) is 5.76 Å². The minimum atomic E-state index is -0.544. The summed E-state index contributed by atoms with van der Waals surface area (Å²) >= 11 is 0. The molecule has 6 nitrogen and oxygen atoms in total. The predicted octanol–water partition coefficient (Wildman–Crippen LogP) is 1.83. The molecule has 136 valence electrons. The van der Waals surface area contributed by atoms with E-state index >= 15 is 0 Å². The number of carbonyl (C=O) groups is 2. The highest BCUT2D eigenvalue weighted by atomic mass is 16.3. The number of fused-ring (bicyclic) bond motifs is 1. The summed E-state index contributed by atoms with van der Waals surface area (Å²) in [5.74, 6) is -0.0672. The van der Waals surface area contributed by atoms with Crippen LogP contribution in [0.4, 0.5) is 0 Å². The predicted molar refractivity (Wildman–Crippen MR) is 94.3 cm³/mol. The largest absolute Gasteiger partial charge is 0.459 e. The van der Waals surface area contributed by atoms with Crippen LogP contribution in [0.25, 0.3) is 0 Å². The van der Waals surface area contributed by atoms with E-state index in [1.807, 2.05) is 24.3 Å². The first-order chi connectivity index (χ1) is 12.6. The summed E-state index contributed by atoms with van der Waals surface area (Å²) in [4.78, 5) is 29.5. The van der Waals surface area contributed by atoms with Crippen molar-refractivity contribution in [3.05, 3.63) is 59.5 Å². The minimum Gasteiger partial charge on any atom is -0.459 e. The SMILES string of the molecule is O=C(C1Cc2ccccc2CN1C(=O)c1ccco1)N1CCC(O)CC1. The number of aliphatic hydroxyl groups is 1. The number of rotatable bonds is 2. The fourth-order valence-corrected chi connectivity index (χ4v) is 3.80. The molecular formula is C20H22N2O4. The maximum absolute atomic E-state index is 13.2. The van der Waals surface area contributed by atoms with Gasteiger partial charge in [0.2, 0.25) is 5.91 Å². The number of nitrogens with zero attached hydrogens (tertiary/aromatic N) is 2. The van der Waals surface area contributed by atoms with E-state index < -0.39 is 6.04 Å². The molecule has 0 bridgehead atoms. The van der Waals surface area contributed by atoms with E-state index in [1.54, 1.807) is 21.9 Å². The molecule has 1 atom stereocenters. The van der Waals surface area contributed by atoms with E-state index in [-0.39, 0.29) is 23.7 Å². The number of amides is 2. The molecule has 0 radical (unpaired) electrons. The van der Waals surface area contributed by atoms with E-state index in [0.717, 1.165) is 11.1 Å². The topological polar surface area (TPSA) is 74.0 Å². The molecule has 1 fully saturated rings. The Hall–Kier alpha value is -2.60. The smallest absolute Gasteiger partial charge is 0.290 e. The Kier molecular flexibility index (Phi) is 4.51. The van der Waals surface area contributed by atoms with Crippen molar-refractivity contribution < 1.29 is 19.1 Å². The maximum atomic E-state index is 13.2. The normalized spacial score (nSPS) is 20.7. The highest BCUT2D eigenvalue weighted by Gasteiger charge is 2.38. The number of piperidine rings is 1. The molecule has 0 spiro atoms. The highest BCUT2D eigenvalue weighted by Crippen LogP contribution is 2.27. The molecule has 1 saturated heterocycles. The van der Waals surface area contributed by atoms with Gasteiger partial charge in [0.25, 0.3) is 5.91 Å². The first-order valence-corrected chi connectivity index (χ1v) is 9.01. The number of carbonyl (C=O) groups excluding carboxylic acids is 2. The summed E-state index contributed by atoms with van der Waals surface area (Å²) in [7, 11) is 0. The van der Waals surface area contributed by atoms with E-state index in [4.69, 9.17) is 4.42 Å². The van der Waals surface area contributed by atoms with Gasteiger partial charge in [-0.25, -0.2) is 0 Å². The standard InChI is InChI=1S/C20H22N2O4/c23-16-7-9-21(10-8-16)19(24)17-12-14-4-1-2-5-15(14)13-22(17)20(25)18-6-3-11-26-18/h1-6,11,16-17,23H,7-10,12-13H2. The Balaban J connectivity index is 1.63. The van der Waals surface area contributed by atoms with Crippen LogP contribution < -0.4 is 0 Å². The number of aliphatic hydroxyl groups excluding tert-OH is 1. The third-order valence-corrected chi connectivity index (χ3v) is 5.30. The first-order valence-electron chi connectivity index (χ1n) is 9.01. The molecule has 0 saturated carbocycles. The molecule has 2 aliphatic rings. The van der Waals surface area contributed by atoms with Crippen LogP contribution in [0.15, 0.2) is 47.1 Å². The van der Waals surface area contributed by atoms with Crippen LogP contribution in [0.5, 0.6) is 0 Å². The molecule has 1 aromatic carbocycles. The lowest BCUT2D eigenvalue weighted by Crippen LogP contribution is -2.55. The van der Waals surface area contributed by atoms with Crippen molar-refractivity contribution in [3.63, 3.8) is 0 Å². The molecule has 0 aliphatic carbocycles. The van der Waals surface area contributed by atoms with Gasteiger partial charge in [0.1, 0.15) is 6.04 Å². The van der Waals surface area contributed by atoms with Crippen molar-refractivity contribution in [2.24, 2.45) is 0 Å². The number of furan rings is 1. The van der Waals surface area contributed by atoms with Crippen LogP contribution in [-0.4, -0.2) is 52.0 Å². The Morgan fingerprint density at radius 2 is 1.77 bits per heavy atom. The van der Waals surface area contributed by atoms with Gasteiger partial charge < -0.3 is 19.3 Å². The van der Waals surface area contributed by atoms with E-state index in [0.29, 0.717) is 38.9 Å². The van der Waals surface area contributed by atoms with Crippen molar-refractivity contribution in [3.8, 4) is 0 Å². The fraction of sp³-hybridized carbons (Fsp3) is 0.400. The fourth-order valence-electron chi connectivity index (χ4n) is 3.80. The third-order valence-electron chi connectivity index (χ3n) is 5.30. The average molecular weight is 354 g/mol. The van der Waals surface area contributed by atoms with Crippen molar-refractivity contribution >= 4 is 11.8 Å². The first kappa shape index (κ1) is 16.8. The molecular weight excluding hydrogens is 332 g/mol. The molecule has 2 amide bonds. The molecule has 1 N–H and O–H groups in total.